The van der Waals surface area contributed by atoms with E-state index >= 15 is 0 Å². The van der Waals surface area contributed by atoms with Gasteiger partial charge in [-0.2, -0.15) is 0 Å². The highest BCUT2D eigenvalue weighted by molar-refractivity contribution is 8.04. The summed E-state index contributed by atoms with van der Waals surface area (Å²) in [6, 6.07) is 24.3. The standard InChI is InChI=1S/C25H21NO3S/c1-3-29-20-14-12-18(13-15-20)22-23(30-21-10-5-4-6-11-21)25(28)26(24(22)27)19-9-7-8-17(2)16-19/h4-16H,3H2,1-2H3. The van der Waals surface area contributed by atoms with E-state index < -0.39 is 0 Å². The van der Waals surface area contributed by atoms with Crippen molar-refractivity contribution in [3.63, 3.8) is 0 Å². The van der Waals surface area contributed by atoms with Gasteiger partial charge < -0.3 is 4.74 Å². The van der Waals surface area contributed by atoms with E-state index in [9.17, 15) is 9.59 Å². The molecule has 0 atom stereocenters. The maximum absolute atomic E-state index is 13.4. The second-order valence-electron chi connectivity index (χ2n) is 6.86. The molecule has 30 heavy (non-hydrogen) atoms. The third kappa shape index (κ3) is 3.89. The number of hydrogen-bond acceptors (Lipinski definition) is 4. The monoisotopic (exact) mass is 415 g/mol. The molecule has 1 aliphatic heterocycles. The highest BCUT2D eigenvalue weighted by Gasteiger charge is 2.40. The first-order valence-corrected chi connectivity index (χ1v) is 10.6. The molecule has 0 spiro atoms. The van der Waals surface area contributed by atoms with Crippen molar-refractivity contribution in [3.8, 4) is 5.75 Å². The lowest BCUT2D eigenvalue weighted by Gasteiger charge is -2.15. The van der Waals surface area contributed by atoms with E-state index in [0.29, 0.717) is 28.3 Å². The SMILES string of the molecule is CCOc1ccc(C2=C(Sc3ccccc3)C(=O)N(c3cccc(C)c3)C2=O)cc1. The van der Waals surface area contributed by atoms with Crippen LogP contribution in [0.3, 0.4) is 0 Å². The van der Waals surface area contributed by atoms with Crippen LogP contribution in [0.2, 0.25) is 0 Å². The number of nitrogens with zero attached hydrogens (tertiary/aromatic N) is 1. The van der Waals surface area contributed by atoms with Gasteiger partial charge in [-0.25, -0.2) is 4.90 Å². The van der Waals surface area contributed by atoms with Crippen LogP contribution < -0.4 is 9.64 Å². The van der Waals surface area contributed by atoms with Crippen LogP contribution >= 0.6 is 11.8 Å². The molecule has 0 fully saturated rings. The molecule has 0 saturated carbocycles. The minimum absolute atomic E-state index is 0.302. The predicted molar refractivity (Wildman–Crippen MR) is 121 cm³/mol. The fraction of sp³-hybridized carbons (Fsp3) is 0.120. The second-order valence-corrected chi connectivity index (χ2v) is 7.95. The van der Waals surface area contributed by atoms with Gasteiger partial charge in [0, 0.05) is 4.90 Å². The van der Waals surface area contributed by atoms with E-state index in [1.165, 1.54) is 16.7 Å². The first kappa shape index (κ1) is 20.0. The van der Waals surface area contributed by atoms with Crippen LogP contribution in [-0.2, 0) is 9.59 Å². The molecule has 2 amide bonds. The number of imide groups is 1. The molecule has 3 aromatic carbocycles. The molecule has 5 heteroatoms. The van der Waals surface area contributed by atoms with Gasteiger partial charge in [0.1, 0.15) is 5.75 Å². The molecule has 4 rings (SSSR count). The van der Waals surface area contributed by atoms with E-state index in [2.05, 4.69) is 0 Å². The fourth-order valence-electron chi connectivity index (χ4n) is 3.35. The minimum atomic E-state index is -0.312. The molecule has 0 radical (unpaired) electrons. The molecule has 0 aliphatic carbocycles. The first-order valence-electron chi connectivity index (χ1n) is 9.74. The van der Waals surface area contributed by atoms with Crippen LogP contribution in [0.5, 0.6) is 5.75 Å². The van der Waals surface area contributed by atoms with Gasteiger partial charge in [-0.1, -0.05) is 54.2 Å². The number of benzene rings is 3. The Bertz CT molecular complexity index is 1120. The Labute approximate surface area is 180 Å². The molecule has 0 bridgehead atoms. The number of amides is 2. The summed E-state index contributed by atoms with van der Waals surface area (Å²) in [4.78, 5) is 29.4. The van der Waals surface area contributed by atoms with Gasteiger partial charge in [0.15, 0.2) is 0 Å². The highest BCUT2D eigenvalue weighted by Crippen LogP contribution is 2.41. The van der Waals surface area contributed by atoms with Crippen LogP contribution in [0.25, 0.3) is 5.57 Å². The predicted octanol–water partition coefficient (Wildman–Crippen LogP) is 5.47. The van der Waals surface area contributed by atoms with Gasteiger partial charge in [-0.05, 0) is 61.4 Å². The molecule has 3 aromatic rings. The molecular formula is C25H21NO3S. The smallest absolute Gasteiger partial charge is 0.272 e. The topological polar surface area (TPSA) is 46.6 Å². The summed E-state index contributed by atoms with van der Waals surface area (Å²) in [5.41, 5.74) is 2.68. The lowest BCUT2D eigenvalue weighted by molar-refractivity contribution is -0.119. The largest absolute Gasteiger partial charge is 0.494 e. The summed E-state index contributed by atoms with van der Waals surface area (Å²) in [6.07, 6.45) is 0. The molecule has 150 valence electrons. The zero-order valence-corrected chi connectivity index (χ0v) is 17.6. The van der Waals surface area contributed by atoms with Gasteiger partial charge in [0.2, 0.25) is 0 Å². The number of rotatable bonds is 6. The van der Waals surface area contributed by atoms with Crippen molar-refractivity contribution < 1.29 is 14.3 Å². The van der Waals surface area contributed by atoms with Crippen molar-refractivity contribution in [3.05, 3.63) is 94.9 Å². The number of aryl methyl sites for hydroxylation is 1. The van der Waals surface area contributed by atoms with Crippen LogP contribution in [0.4, 0.5) is 5.69 Å². The number of carbonyl (C=O) groups is 2. The fourth-order valence-corrected chi connectivity index (χ4v) is 4.37. The molecule has 0 saturated heterocycles. The Kier molecular flexibility index (Phi) is 5.72. The summed E-state index contributed by atoms with van der Waals surface area (Å²) in [5, 5.41) is 0. The molecule has 0 aromatic heterocycles. The van der Waals surface area contributed by atoms with Crippen LogP contribution in [0.1, 0.15) is 18.1 Å². The zero-order chi connectivity index (χ0) is 21.1. The van der Waals surface area contributed by atoms with Crippen molar-refractivity contribution in [2.24, 2.45) is 0 Å². The number of ether oxygens (including phenoxy) is 1. The Hall–Kier alpha value is -3.31. The normalized spacial score (nSPS) is 13.9. The lowest BCUT2D eigenvalue weighted by Crippen LogP contribution is -2.31. The quantitative estimate of drug-likeness (QED) is 0.501. The Morgan fingerprint density at radius 2 is 1.60 bits per heavy atom. The van der Waals surface area contributed by atoms with E-state index in [1.54, 1.807) is 6.07 Å². The van der Waals surface area contributed by atoms with Gasteiger partial charge in [-0.15, -0.1) is 0 Å². The molecule has 1 aliphatic rings. The van der Waals surface area contributed by atoms with E-state index in [-0.39, 0.29) is 11.8 Å². The third-order valence-corrected chi connectivity index (χ3v) is 5.81. The maximum atomic E-state index is 13.4. The third-order valence-electron chi connectivity index (χ3n) is 4.72. The average molecular weight is 416 g/mol. The van der Waals surface area contributed by atoms with Crippen molar-refractivity contribution >= 4 is 34.8 Å². The molecule has 4 nitrogen and oxygen atoms in total. The summed E-state index contributed by atoms with van der Waals surface area (Å²) in [6.45, 7) is 4.43. The number of anilines is 1. The number of carbonyl (C=O) groups excluding carboxylic acids is 2. The Morgan fingerprint density at radius 1 is 0.867 bits per heavy atom. The van der Waals surface area contributed by atoms with Crippen molar-refractivity contribution in [1.82, 2.24) is 0 Å². The van der Waals surface area contributed by atoms with E-state index in [4.69, 9.17) is 4.74 Å². The van der Waals surface area contributed by atoms with Crippen LogP contribution in [0.15, 0.2) is 88.7 Å². The molecule has 0 unspecified atom stereocenters. The van der Waals surface area contributed by atoms with E-state index in [0.717, 1.165) is 16.2 Å². The van der Waals surface area contributed by atoms with Gasteiger partial charge in [0.25, 0.3) is 11.8 Å². The Morgan fingerprint density at radius 3 is 2.27 bits per heavy atom. The van der Waals surface area contributed by atoms with Crippen molar-refractivity contribution in [2.45, 2.75) is 18.7 Å². The van der Waals surface area contributed by atoms with Gasteiger partial charge in [-0.3, -0.25) is 9.59 Å². The first-order chi connectivity index (χ1) is 14.6. The average Bonchev–Trinajstić information content (AvgIpc) is 2.99. The highest BCUT2D eigenvalue weighted by atomic mass is 32.2. The van der Waals surface area contributed by atoms with Crippen molar-refractivity contribution in [2.75, 3.05) is 11.5 Å². The minimum Gasteiger partial charge on any atom is -0.494 e. The number of hydrogen-bond donors (Lipinski definition) is 0. The maximum Gasteiger partial charge on any atom is 0.272 e. The molecule has 1 heterocycles. The molecule has 0 N–H and O–H groups in total. The summed E-state index contributed by atoms with van der Waals surface area (Å²) in [5.74, 6) is 0.114. The molecular weight excluding hydrogens is 394 g/mol. The Balaban J connectivity index is 1.79. The summed E-state index contributed by atoms with van der Waals surface area (Å²) in [7, 11) is 0. The van der Waals surface area contributed by atoms with Crippen molar-refractivity contribution in [1.29, 1.82) is 0 Å². The van der Waals surface area contributed by atoms with Crippen LogP contribution in [0, 0.1) is 6.92 Å². The van der Waals surface area contributed by atoms with Gasteiger partial charge >= 0.3 is 0 Å². The van der Waals surface area contributed by atoms with Gasteiger partial charge in [0.05, 0.1) is 22.8 Å². The number of thioether (sulfide) groups is 1. The lowest BCUT2D eigenvalue weighted by atomic mass is 10.1. The zero-order valence-electron chi connectivity index (χ0n) is 16.8. The summed E-state index contributed by atoms with van der Waals surface area (Å²) >= 11 is 1.32. The summed E-state index contributed by atoms with van der Waals surface area (Å²) < 4.78 is 5.51. The van der Waals surface area contributed by atoms with Crippen LogP contribution in [-0.4, -0.2) is 18.4 Å². The van der Waals surface area contributed by atoms with E-state index in [1.807, 2.05) is 86.6 Å². The second kappa shape index (κ2) is 8.59.